The lowest BCUT2D eigenvalue weighted by atomic mass is 9.97. The van der Waals surface area contributed by atoms with Gasteiger partial charge in [0.15, 0.2) is 0 Å². The average Bonchev–Trinajstić information content (AvgIpc) is 3.61. The van der Waals surface area contributed by atoms with Gasteiger partial charge in [0.05, 0.1) is 31.2 Å². The number of fused-ring (bicyclic) bond motifs is 2. The summed E-state index contributed by atoms with van der Waals surface area (Å²) in [5.41, 5.74) is 10.9. The molecule has 6 rings (SSSR count). The van der Waals surface area contributed by atoms with Gasteiger partial charge in [-0.05, 0) is 54.1 Å². The third-order valence-corrected chi connectivity index (χ3v) is 7.16. The minimum atomic E-state index is -0.278. The average molecular weight is 523 g/mol. The standard InChI is InChI=1S/C31H30N4O4/c1-2-38-30(36)17-21-6-3-4-9-29(21)39-19-27-26-16-20(10-11-28(26)35(34-27)22-13-15-37-18-22)23-7-5-8-25-24(23)12-14-33-31(25)32/h3-12,14,16,22H,2,13,15,17-19H2,1H3,(H2,32,33). The molecule has 0 saturated carbocycles. The van der Waals surface area contributed by atoms with Crippen LogP contribution in [0.15, 0.2) is 72.9 Å². The zero-order valence-electron chi connectivity index (χ0n) is 21.8. The predicted octanol–water partition coefficient (Wildman–Crippen LogP) is 5.48. The monoisotopic (exact) mass is 522 g/mol. The van der Waals surface area contributed by atoms with Crippen molar-refractivity contribution in [2.24, 2.45) is 0 Å². The molecule has 2 aromatic heterocycles. The molecule has 0 spiro atoms. The third-order valence-electron chi connectivity index (χ3n) is 7.16. The minimum Gasteiger partial charge on any atom is -0.487 e. The third kappa shape index (κ3) is 4.91. The molecule has 39 heavy (non-hydrogen) atoms. The first-order chi connectivity index (χ1) is 19.1. The summed E-state index contributed by atoms with van der Waals surface area (Å²) in [5, 5.41) is 8.00. The Hall–Kier alpha value is -4.43. The van der Waals surface area contributed by atoms with Gasteiger partial charge in [-0.15, -0.1) is 0 Å². The largest absolute Gasteiger partial charge is 0.487 e. The number of nitrogens with zero attached hydrogens (tertiary/aromatic N) is 3. The van der Waals surface area contributed by atoms with Gasteiger partial charge < -0.3 is 19.9 Å². The number of nitrogens with two attached hydrogens (primary N) is 1. The number of aromatic nitrogens is 3. The first-order valence-corrected chi connectivity index (χ1v) is 13.2. The number of carbonyl (C=O) groups is 1. The normalized spacial score (nSPS) is 15.2. The molecule has 1 aliphatic rings. The molecule has 1 saturated heterocycles. The zero-order valence-corrected chi connectivity index (χ0v) is 21.8. The van der Waals surface area contributed by atoms with Crippen LogP contribution in [0.2, 0.25) is 0 Å². The number of nitrogen functional groups attached to an aromatic ring is 1. The molecular weight excluding hydrogens is 492 g/mol. The van der Waals surface area contributed by atoms with Crippen molar-refractivity contribution >= 4 is 33.5 Å². The number of anilines is 1. The number of para-hydroxylation sites is 1. The first kappa shape index (κ1) is 24.9. The number of hydrogen-bond acceptors (Lipinski definition) is 7. The maximum atomic E-state index is 12.1. The second-order valence-corrected chi connectivity index (χ2v) is 9.62. The summed E-state index contributed by atoms with van der Waals surface area (Å²) < 4.78 is 19.2. The van der Waals surface area contributed by atoms with E-state index in [1.54, 1.807) is 13.1 Å². The van der Waals surface area contributed by atoms with Gasteiger partial charge in [-0.3, -0.25) is 9.48 Å². The Morgan fingerprint density at radius 1 is 1.08 bits per heavy atom. The molecule has 1 fully saturated rings. The number of ether oxygens (including phenoxy) is 3. The van der Waals surface area contributed by atoms with Crippen LogP contribution in [0.4, 0.5) is 5.82 Å². The van der Waals surface area contributed by atoms with Gasteiger partial charge in [-0.2, -0.15) is 5.10 Å². The molecule has 8 nitrogen and oxygen atoms in total. The van der Waals surface area contributed by atoms with Gasteiger partial charge >= 0.3 is 5.97 Å². The van der Waals surface area contributed by atoms with E-state index in [2.05, 4.69) is 33.9 Å². The second-order valence-electron chi connectivity index (χ2n) is 9.62. The highest BCUT2D eigenvalue weighted by Crippen LogP contribution is 2.35. The van der Waals surface area contributed by atoms with Gasteiger partial charge in [0.2, 0.25) is 0 Å². The molecule has 8 heteroatoms. The molecule has 0 aliphatic carbocycles. The van der Waals surface area contributed by atoms with E-state index in [-0.39, 0.29) is 25.0 Å². The van der Waals surface area contributed by atoms with Gasteiger partial charge in [0, 0.05) is 29.1 Å². The Kier molecular flexibility index (Phi) is 6.85. The predicted molar refractivity (Wildman–Crippen MR) is 150 cm³/mol. The van der Waals surface area contributed by atoms with Crippen LogP contribution in [0, 0.1) is 0 Å². The fourth-order valence-electron chi connectivity index (χ4n) is 5.26. The summed E-state index contributed by atoms with van der Waals surface area (Å²) in [6, 6.07) is 22.2. The molecule has 0 bridgehead atoms. The van der Waals surface area contributed by atoms with Crippen molar-refractivity contribution in [1.29, 1.82) is 0 Å². The first-order valence-electron chi connectivity index (χ1n) is 13.2. The molecule has 1 aliphatic heterocycles. The van der Waals surface area contributed by atoms with Crippen LogP contribution in [0.1, 0.15) is 30.6 Å². The van der Waals surface area contributed by atoms with Gasteiger partial charge in [0.1, 0.15) is 23.9 Å². The fourth-order valence-corrected chi connectivity index (χ4v) is 5.26. The molecule has 3 heterocycles. The van der Waals surface area contributed by atoms with Crippen LogP contribution in [0.3, 0.4) is 0 Å². The molecule has 1 unspecified atom stereocenters. The van der Waals surface area contributed by atoms with Crippen molar-refractivity contribution in [2.75, 3.05) is 25.6 Å². The van der Waals surface area contributed by atoms with Crippen LogP contribution < -0.4 is 10.5 Å². The SMILES string of the molecule is CCOC(=O)Cc1ccccc1OCc1nn(C2CCOC2)c2ccc(-c3cccc4c(N)nccc34)cc12. The van der Waals surface area contributed by atoms with Crippen molar-refractivity contribution in [3.63, 3.8) is 0 Å². The number of benzene rings is 3. The maximum Gasteiger partial charge on any atom is 0.310 e. The van der Waals surface area contributed by atoms with Crippen molar-refractivity contribution in [1.82, 2.24) is 14.8 Å². The highest BCUT2D eigenvalue weighted by atomic mass is 16.5. The van der Waals surface area contributed by atoms with E-state index < -0.39 is 0 Å². The quantitative estimate of drug-likeness (QED) is 0.269. The van der Waals surface area contributed by atoms with Gasteiger partial charge in [-0.25, -0.2) is 4.98 Å². The number of pyridine rings is 1. The minimum absolute atomic E-state index is 0.155. The Balaban J connectivity index is 1.39. The molecule has 3 aromatic carbocycles. The highest BCUT2D eigenvalue weighted by Gasteiger charge is 2.23. The van der Waals surface area contributed by atoms with Crippen LogP contribution in [-0.4, -0.2) is 40.6 Å². The number of carbonyl (C=O) groups excluding carboxylic acids is 1. The maximum absolute atomic E-state index is 12.1. The summed E-state index contributed by atoms with van der Waals surface area (Å²) in [7, 11) is 0. The fraction of sp³-hybridized carbons (Fsp3) is 0.258. The molecule has 0 radical (unpaired) electrons. The Labute approximate surface area is 226 Å². The van der Waals surface area contributed by atoms with Crippen LogP contribution >= 0.6 is 0 Å². The Bertz CT molecular complexity index is 1660. The van der Waals surface area contributed by atoms with Crippen molar-refractivity contribution < 1.29 is 19.0 Å². The Morgan fingerprint density at radius 2 is 1.97 bits per heavy atom. The Morgan fingerprint density at radius 3 is 2.82 bits per heavy atom. The number of hydrogen-bond donors (Lipinski definition) is 1. The summed E-state index contributed by atoms with van der Waals surface area (Å²) in [5.74, 6) is 0.880. The van der Waals surface area contributed by atoms with Crippen molar-refractivity contribution in [3.8, 4) is 16.9 Å². The summed E-state index contributed by atoms with van der Waals surface area (Å²) in [6.07, 6.45) is 2.81. The van der Waals surface area contributed by atoms with Crippen LogP contribution in [0.25, 0.3) is 32.8 Å². The van der Waals surface area contributed by atoms with E-state index in [9.17, 15) is 4.79 Å². The van der Waals surface area contributed by atoms with Crippen LogP contribution in [0.5, 0.6) is 5.75 Å². The van der Waals surface area contributed by atoms with E-state index in [0.717, 1.165) is 57.1 Å². The van der Waals surface area contributed by atoms with Crippen LogP contribution in [-0.2, 0) is 27.3 Å². The second kappa shape index (κ2) is 10.7. The smallest absolute Gasteiger partial charge is 0.310 e. The summed E-state index contributed by atoms with van der Waals surface area (Å²) in [4.78, 5) is 16.4. The molecule has 1 atom stereocenters. The summed E-state index contributed by atoms with van der Waals surface area (Å²) >= 11 is 0. The molecule has 198 valence electrons. The van der Waals surface area contributed by atoms with E-state index in [1.165, 1.54) is 0 Å². The number of esters is 1. The van der Waals surface area contributed by atoms with E-state index in [1.807, 2.05) is 42.5 Å². The lowest BCUT2D eigenvalue weighted by Gasteiger charge is -2.11. The molecule has 0 amide bonds. The number of rotatable bonds is 8. The van der Waals surface area contributed by atoms with E-state index in [4.69, 9.17) is 25.0 Å². The van der Waals surface area contributed by atoms with Crippen molar-refractivity contribution in [3.05, 3.63) is 84.2 Å². The zero-order chi connectivity index (χ0) is 26.8. The summed E-state index contributed by atoms with van der Waals surface area (Å²) in [6.45, 7) is 3.76. The highest BCUT2D eigenvalue weighted by molar-refractivity contribution is 6.02. The molecule has 5 aromatic rings. The lowest BCUT2D eigenvalue weighted by molar-refractivity contribution is -0.142. The molecular formula is C31H30N4O4. The lowest BCUT2D eigenvalue weighted by Crippen LogP contribution is -2.11. The van der Waals surface area contributed by atoms with Gasteiger partial charge in [0.25, 0.3) is 0 Å². The van der Waals surface area contributed by atoms with E-state index >= 15 is 0 Å². The topological polar surface area (TPSA) is 101 Å². The molecule has 2 N–H and O–H groups in total. The van der Waals surface area contributed by atoms with Gasteiger partial charge in [-0.1, -0.05) is 42.5 Å². The van der Waals surface area contributed by atoms with Crippen molar-refractivity contribution in [2.45, 2.75) is 32.4 Å². The van der Waals surface area contributed by atoms with E-state index in [0.29, 0.717) is 24.8 Å².